The Bertz CT molecular complexity index is 645. The van der Waals surface area contributed by atoms with Crippen LogP contribution in [0.15, 0.2) is 29.3 Å². The molecule has 0 aliphatic carbocycles. The van der Waals surface area contributed by atoms with E-state index < -0.39 is 0 Å². The van der Waals surface area contributed by atoms with Crippen molar-refractivity contribution < 1.29 is 9.47 Å². The first-order chi connectivity index (χ1) is 13.4. The van der Waals surface area contributed by atoms with Gasteiger partial charge in [-0.15, -0.1) is 24.0 Å². The van der Waals surface area contributed by atoms with Gasteiger partial charge in [0, 0.05) is 50.4 Å². The van der Waals surface area contributed by atoms with Crippen LogP contribution in [0.3, 0.4) is 0 Å². The molecular formula is C21H33IN4O2. The van der Waals surface area contributed by atoms with Crippen LogP contribution in [0.4, 0.5) is 5.69 Å². The molecule has 1 aromatic rings. The minimum Gasteiger partial charge on any atom is -0.381 e. The molecule has 2 atom stereocenters. The van der Waals surface area contributed by atoms with E-state index in [2.05, 4.69) is 46.3 Å². The molecule has 7 heteroatoms. The third-order valence-electron chi connectivity index (χ3n) is 5.93. The van der Waals surface area contributed by atoms with Crippen molar-refractivity contribution in [2.45, 2.75) is 25.8 Å². The van der Waals surface area contributed by atoms with Crippen molar-refractivity contribution in [1.29, 1.82) is 0 Å². The number of halogens is 1. The second kappa shape index (κ2) is 10.8. The highest BCUT2D eigenvalue weighted by Gasteiger charge is 2.32. The van der Waals surface area contributed by atoms with E-state index in [-0.39, 0.29) is 24.0 Å². The highest BCUT2D eigenvalue weighted by Crippen LogP contribution is 2.28. The number of anilines is 1. The number of para-hydroxylation sites is 1. The highest BCUT2D eigenvalue weighted by atomic mass is 127. The molecule has 6 nitrogen and oxygen atoms in total. The number of aliphatic imine (C=N–C) groups is 1. The molecule has 3 aliphatic heterocycles. The molecule has 156 valence electrons. The smallest absolute Gasteiger partial charge is 0.198 e. The van der Waals surface area contributed by atoms with E-state index in [4.69, 9.17) is 14.5 Å². The van der Waals surface area contributed by atoms with Gasteiger partial charge in [0.05, 0.1) is 26.4 Å². The molecule has 0 bridgehead atoms. The molecule has 2 fully saturated rings. The summed E-state index contributed by atoms with van der Waals surface area (Å²) in [6, 6.07) is 9.11. The summed E-state index contributed by atoms with van der Waals surface area (Å²) in [5.74, 6) is 1.58. The molecule has 4 rings (SSSR count). The van der Waals surface area contributed by atoms with Crippen LogP contribution in [0.1, 0.15) is 18.9 Å². The fraction of sp³-hybridized carbons (Fsp3) is 0.667. The summed E-state index contributed by atoms with van der Waals surface area (Å²) in [7, 11) is 0. The van der Waals surface area contributed by atoms with Crippen molar-refractivity contribution in [2.24, 2.45) is 10.9 Å². The Morgan fingerprint density at radius 2 is 2.00 bits per heavy atom. The van der Waals surface area contributed by atoms with Gasteiger partial charge in [-0.1, -0.05) is 18.2 Å². The van der Waals surface area contributed by atoms with Crippen LogP contribution in [0.25, 0.3) is 0 Å². The minimum absolute atomic E-state index is 0. The largest absolute Gasteiger partial charge is 0.381 e. The lowest BCUT2D eigenvalue weighted by atomic mass is 9.97. The van der Waals surface area contributed by atoms with E-state index in [1.165, 1.54) is 11.3 Å². The Morgan fingerprint density at radius 3 is 2.75 bits per heavy atom. The molecule has 1 aromatic carbocycles. The van der Waals surface area contributed by atoms with Crippen LogP contribution < -0.4 is 10.2 Å². The van der Waals surface area contributed by atoms with Gasteiger partial charge in [0.15, 0.2) is 5.96 Å². The fourth-order valence-electron chi connectivity index (χ4n) is 4.46. The number of hydrogen-bond donors (Lipinski definition) is 1. The maximum absolute atomic E-state index is 5.70. The van der Waals surface area contributed by atoms with E-state index in [9.17, 15) is 0 Å². The Hall–Kier alpha value is -0.900. The SMILES string of the molecule is CCNC(=NCC(C1CCOC1)N1CCOCC1)N1CCc2ccccc21.I. The molecule has 0 radical (unpaired) electrons. The molecule has 0 spiro atoms. The van der Waals surface area contributed by atoms with Crippen molar-refractivity contribution in [3.05, 3.63) is 29.8 Å². The second-order valence-electron chi connectivity index (χ2n) is 7.56. The summed E-state index contributed by atoms with van der Waals surface area (Å²) in [6.07, 6.45) is 2.23. The van der Waals surface area contributed by atoms with E-state index in [1.807, 2.05) is 0 Å². The first-order valence-electron chi connectivity index (χ1n) is 10.4. The lowest BCUT2D eigenvalue weighted by Gasteiger charge is -2.37. The van der Waals surface area contributed by atoms with E-state index in [1.54, 1.807) is 0 Å². The molecular weight excluding hydrogens is 467 g/mol. The monoisotopic (exact) mass is 500 g/mol. The van der Waals surface area contributed by atoms with Crippen molar-refractivity contribution in [2.75, 3.05) is 64.1 Å². The Kier molecular flexibility index (Phi) is 8.37. The predicted molar refractivity (Wildman–Crippen MR) is 124 cm³/mol. The summed E-state index contributed by atoms with van der Waals surface area (Å²) in [4.78, 5) is 10.0. The molecule has 2 unspecified atom stereocenters. The lowest BCUT2D eigenvalue weighted by Crippen LogP contribution is -2.49. The van der Waals surface area contributed by atoms with Crippen LogP contribution in [-0.2, 0) is 15.9 Å². The van der Waals surface area contributed by atoms with Gasteiger partial charge < -0.3 is 19.7 Å². The van der Waals surface area contributed by atoms with Crippen molar-refractivity contribution >= 4 is 35.6 Å². The second-order valence-corrected chi connectivity index (χ2v) is 7.56. The standard InChI is InChI=1S/C21H32N4O2.HI/c1-2-22-21(25-9-7-17-5-3-4-6-19(17)25)23-15-20(18-8-12-27-16-18)24-10-13-26-14-11-24;/h3-6,18,20H,2,7-16H2,1H3,(H,22,23);1H. The van der Waals surface area contributed by atoms with Gasteiger partial charge >= 0.3 is 0 Å². The molecule has 0 saturated carbocycles. The normalized spacial score (nSPS) is 24.0. The molecule has 2 saturated heterocycles. The van der Waals surface area contributed by atoms with Crippen molar-refractivity contribution in [1.82, 2.24) is 10.2 Å². The van der Waals surface area contributed by atoms with Gasteiger partial charge in [-0.3, -0.25) is 9.89 Å². The average molecular weight is 500 g/mol. The molecule has 3 aliphatic rings. The summed E-state index contributed by atoms with van der Waals surface area (Å²) in [6.45, 7) is 10.2. The average Bonchev–Trinajstić information content (AvgIpc) is 3.38. The number of ether oxygens (including phenoxy) is 2. The van der Waals surface area contributed by atoms with E-state index in [0.717, 1.165) is 78.0 Å². The van der Waals surface area contributed by atoms with Gasteiger partial charge in [-0.05, 0) is 31.4 Å². The Morgan fingerprint density at radius 1 is 1.18 bits per heavy atom. The number of fused-ring (bicyclic) bond motifs is 1. The first kappa shape index (κ1) is 21.8. The molecule has 3 heterocycles. The van der Waals surface area contributed by atoms with Gasteiger partial charge in [0.2, 0.25) is 0 Å². The number of benzene rings is 1. The van der Waals surface area contributed by atoms with Gasteiger partial charge in [0.1, 0.15) is 0 Å². The van der Waals surface area contributed by atoms with Gasteiger partial charge in [0.25, 0.3) is 0 Å². The maximum atomic E-state index is 5.70. The summed E-state index contributed by atoms with van der Waals surface area (Å²) in [5.41, 5.74) is 2.71. The zero-order chi connectivity index (χ0) is 18.5. The predicted octanol–water partition coefficient (Wildman–Crippen LogP) is 2.37. The summed E-state index contributed by atoms with van der Waals surface area (Å²) >= 11 is 0. The van der Waals surface area contributed by atoms with Crippen molar-refractivity contribution in [3.63, 3.8) is 0 Å². The zero-order valence-corrected chi connectivity index (χ0v) is 19.1. The molecule has 1 N–H and O–H groups in total. The van der Waals surface area contributed by atoms with E-state index in [0.29, 0.717) is 12.0 Å². The minimum atomic E-state index is 0. The third kappa shape index (κ3) is 4.98. The van der Waals surface area contributed by atoms with Crippen molar-refractivity contribution in [3.8, 4) is 0 Å². The quantitative estimate of drug-likeness (QED) is 0.383. The topological polar surface area (TPSA) is 49.3 Å². The third-order valence-corrected chi connectivity index (χ3v) is 5.93. The zero-order valence-electron chi connectivity index (χ0n) is 16.8. The maximum Gasteiger partial charge on any atom is 0.198 e. The molecule has 0 amide bonds. The number of rotatable bonds is 5. The molecule has 28 heavy (non-hydrogen) atoms. The highest BCUT2D eigenvalue weighted by molar-refractivity contribution is 14.0. The van der Waals surface area contributed by atoms with Gasteiger partial charge in [-0.2, -0.15) is 0 Å². The molecule has 0 aromatic heterocycles. The van der Waals surface area contributed by atoms with Crippen LogP contribution in [-0.4, -0.2) is 76.1 Å². The number of nitrogens with zero attached hydrogens (tertiary/aromatic N) is 3. The number of nitrogens with one attached hydrogen (secondary N) is 1. The first-order valence-corrected chi connectivity index (χ1v) is 10.4. The lowest BCUT2D eigenvalue weighted by molar-refractivity contribution is 0.00369. The van der Waals surface area contributed by atoms with E-state index >= 15 is 0 Å². The number of guanidine groups is 1. The van der Waals surface area contributed by atoms with Crippen LogP contribution >= 0.6 is 24.0 Å². The number of morpholine rings is 1. The Labute approximate surface area is 185 Å². The Balaban J connectivity index is 0.00000225. The van der Waals surface area contributed by atoms with Gasteiger partial charge in [-0.25, -0.2) is 0 Å². The summed E-state index contributed by atoms with van der Waals surface area (Å²) in [5, 5.41) is 3.52. The van der Waals surface area contributed by atoms with Crippen LogP contribution in [0, 0.1) is 5.92 Å². The van der Waals surface area contributed by atoms with Crippen LogP contribution in [0.2, 0.25) is 0 Å². The number of hydrogen-bond acceptors (Lipinski definition) is 4. The summed E-state index contributed by atoms with van der Waals surface area (Å²) < 4.78 is 11.3. The fourth-order valence-corrected chi connectivity index (χ4v) is 4.46. The van der Waals surface area contributed by atoms with Crippen LogP contribution in [0.5, 0.6) is 0 Å².